The Labute approximate surface area is 174 Å². The van der Waals surface area contributed by atoms with E-state index in [0.717, 1.165) is 11.8 Å². The Morgan fingerprint density at radius 3 is 2.71 bits per heavy atom. The van der Waals surface area contributed by atoms with Crippen molar-refractivity contribution in [2.45, 2.75) is 12.7 Å². The standard InChI is InChI=1S/C22H17F3N4O2/c1-26-20(30)16-4-2-3-13(9-16)12-29-8-7-15-10-14(5-6-17(15)21(29)31)18-11-27-28-19(18)22(23,24)25/h2-11H,12H2,1H3,(H,26,30)(H,27,28). The first-order valence-electron chi connectivity index (χ1n) is 9.33. The fraction of sp³-hybridized carbons (Fsp3) is 0.136. The van der Waals surface area contributed by atoms with Crippen molar-refractivity contribution >= 4 is 16.7 Å². The maximum atomic E-state index is 13.2. The van der Waals surface area contributed by atoms with Crippen molar-refractivity contribution in [2.24, 2.45) is 0 Å². The van der Waals surface area contributed by atoms with Crippen LogP contribution in [-0.4, -0.2) is 27.7 Å². The van der Waals surface area contributed by atoms with Crippen LogP contribution < -0.4 is 10.9 Å². The minimum absolute atomic E-state index is 0.0791. The molecule has 31 heavy (non-hydrogen) atoms. The first-order valence-corrected chi connectivity index (χ1v) is 9.33. The van der Waals surface area contributed by atoms with Gasteiger partial charge in [-0.05, 0) is 46.8 Å². The molecule has 0 aliphatic carbocycles. The van der Waals surface area contributed by atoms with E-state index in [1.165, 1.54) is 29.8 Å². The summed E-state index contributed by atoms with van der Waals surface area (Å²) in [5.41, 5.74) is 0.272. The fourth-order valence-corrected chi connectivity index (χ4v) is 3.45. The lowest BCUT2D eigenvalue weighted by Crippen LogP contribution is -2.21. The van der Waals surface area contributed by atoms with Gasteiger partial charge in [0.05, 0.1) is 12.7 Å². The van der Waals surface area contributed by atoms with Crippen LogP contribution in [0.15, 0.2) is 65.7 Å². The first kappa shape index (κ1) is 20.4. The average Bonchev–Trinajstić information content (AvgIpc) is 3.26. The molecule has 0 saturated heterocycles. The number of nitrogens with zero attached hydrogens (tertiary/aromatic N) is 2. The topological polar surface area (TPSA) is 79.8 Å². The van der Waals surface area contributed by atoms with Crippen LogP contribution in [0.25, 0.3) is 21.9 Å². The van der Waals surface area contributed by atoms with E-state index in [0.29, 0.717) is 21.9 Å². The van der Waals surface area contributed by atoms with Crippen LogP contribution in [0.2, 0.25) is 0 Å². The maximum absolute atomic E-state index is 13.2. The Kier molecular flexibility index (Phi) is 5.10. The Hall–Kier alpha value is -3.88. The first-order chi connectivity index (χ1) is 14.8. The highest BCUT2D eigenvalue weighted by molar-refractivity contribution is 5.94. The number of benzene rings is 2. The maximum Gasteiger partial charge on any atom is 0.433 e. The molecule has 2 aromatic carbocycles. The van der Waals surface area contributed by atoms with E-state index < -0.39 is 11.9 Å². The van der Waals surface area contributed by atoms with E-state index in [1.807, 2.05) is 11.2 Å². The van der Waals surface area contributed by atoms with Crippen LogP contribution >= 0.6 is 0 Å². The van der Waals surface area contributed by atoms with Crippen molar-refractivity contribution in [1.82, 2.24) is 20.1 Å². The number of alkyl halides is 3. The van der Waals surface area contributed by atoms with Crippen molar-refractivity contribution in [2.75, 3.05) is 7.05 Å². The molecule has 0 spiro atoms. The number of H-pyrrole nitrogens is 1. The van der Waals surface area contributed by atoms with Gasteiger partial charge in [0.2, 0.25) is 0 Å². The summed E-state index contributed by atoms with van der Waals surface area (Å²) in [6, 6.07) is 13.1. The monoisotopic (exact) mass is 426 g/mol. The highest BCUT2D eigenvalue weighted by Gasteiger charge is 2.35. The second-order valence-corrected chi connectivity index (χ2v) is 6.99. The predicted octanol–water partition coefficient (Wildman–Crippen LogP) is 3.82. The molecule has 2 N–H and O–H groups in total. The van der Waals surface area contributed by atoms with E-state index in [2.05, 4.69) is 10.4 Å². The number of nitrogens with one attached hydrogen (secondary N) is 2. The van der Waals surface area contributed by atoms with Crippen molar-refractivity contribution < 1.29 is 18.0 Å². The Morgan fingerprint density at radius 1 is 1.16 bits per heavy atom. The molecule has 6 nitrogen and oxygen atoms in total. The third-order valence-corrected chi connectivity index (χ3v) is 4.98. The molecule has 0 bridgehead atoms. The second-order valence-electron chi connectivity index (χ2n) is 6.99. The summed E-state index contributed by atoms with van der Waals surface area (Å²) in [5.74, 6) is -0.224. The van der Waals surface area contributed by atoms with Gasteiger partial charge in [-0.3, -0.25) is 14.7 Å². The predicted molar refractivity (Wildman–Crippen MR) is 110 cm³/mol. The van der Waals surface area contributed by atoms with Gasteiger partial charge in [-0.25, -0.2) is 0 Å². The molecule has 4 aromatic rings. The van der Waals surface area contributed by atoms with Crippen LogP contribution in [-0.2, 0) is 12.7 Å². The number of halogens is 3. The molecular formula is C22H17F3N4O2. The molecule has 9 heteroatoms. The molecule has 2 aromatic heterocycles. The van der Waals surface area contributed by atoms with E-state index in [-0.39, 0.29) is 23.6 Å². The van der Waals surface area contributed by atoms with E-state index in [1.54, 1.807) is 30.5 Å². The highest BCUT2D eigenvalue weighted by atomic mass is 19.4. The number of carbonyl (C=O) groups excluding carboxylic acids is 1. The van der Waals surface area contributed by atoms with Gasteiger partial charge in [-0.2, -0.15) is 18.3 Å². The Morgan fingerprint density at radius 2 is 1.97 bits per heavy atom. The molecule has 0 fully saturated rings. The molecule has 0 aliphatic rings. The van der Waals surface area contributed by atoms with E-state index in [9.17, 15) is 22.8 Å². The SMILES string of the molecule is CNC(=O)c1cccc(Cn2ccc3cc(-c4cn[nH]c4C(F)(F)F)ccc3c2=O)c1. The lowest BCUT2D eigenvalue weighted by Gasteiger charge is -2.10. The van der Waals surface area contributed by atoms with Crippen LogP contribution in [0, 0.1) is 0 Å². The van der Waals surface area contributed by atoms with Crippen LogP contribution in [0.3, 0.4) is 0 Å². The van der Waals surface area contributed by atoms with Crippen molar-refractivity contribution in [3.8, 4) is 11.1 Å². The van der Waals surface area contributed by atoms with Gasteiger partial charge in [0.25, 0.3) is 11.5 Å². The number of fused-ring (bicyclic) bond motifs is 1. The molecule has 2 heterocycles. The number of hydrogen-bond donors (Lipinski definition) is 2. The van der Waals surface area contributed by atoms with Crippen LogP contribution in [0.5, 0.6) is 0 Å². The molecule has 158 valence electrons. The van der Waals surface area contributed by atoms with Gasteiger partial charge in [0.15, 0.2) is 0 Å². The zero-order valence-corrected chi connectivity index (χ0v) is 16.3. The molecular weight excluding hydrogens is 409 g/mol. The smallest absolute Gasteiger partial charge is 0.355 e. The summed E-state index contributed by atoms with van der Waals surface area (Å²) in [4.78, 5) is 24.7. The largest absolute Gasteiger partial charge is 0.433 e. The van der Waals surface area contributed by atoms with Gasteiger partial charge in [-0.15, -0.1) is 0 Å². The van der Waals surface area contributed by atoms with Gasteiger partial charge in [-0.1, -0.05) is 18.2 Å². The average molecular weight is 426 g/mol. The molecule has 0 aliphatic heterocycles. The number of pyridine rings is 1. The second kappa shape index (κ2) is 7.75. The summed E-state index contributed by atoms with van der Waals surface area (Å²) in [6.07, 6.45) is -1.86. The number of aromatic amines is 1. The number of hydrogen-bond acceptors (Lipinski definition) is 3. The van der Waals surface area contributed by atoms with Crippen molar-refractivity contribution in [3.63, 3.8) is 0 Å². The zero-order valence-electron chi connectivity index (χ0n) is 16.3. The number of aromatic nitrogens is 3. The summed E-state index contributed by atoms with van der Waals surface area (Å²) < 4.78 is 41.0. The van der Waals surface area contributed by atoms with Gasteiger partial charge >= 0.3 is 6.18 Å². The third kappa shape index (κ3) is 3.94. The molecule has 4 rings (SSSR count). The van der Waals surface area contributed by atoms with Gasteiger partial charge in [0.1, 0.15) is 5.69 Å². The number of amides is 1. The van der Waals surface area contributed by atoms with E-state index in [4.69, 9.17) is 0 Å². The lowest BCUT2D eigenvalue weighted by atomic mass is 10.0. The Balaban J connectivity index is 1.70. The molecule has 0 radical (unpaired) electrons. The van der Waals surface area contributed by atoms with Crippen molar-refractivity contribution in [1.29, 1.82) is 0 Å². The van der Waals surface area contributed by atoms with Crippen LogP contribution in [0.1, 0.15) is 21.6 Å². The fourth-order valence-electron chi connectivity index (χ4n) is 3.45. The summed E-state index contributed by atoms with van der Waals surface area (Å²) >= 11 is 0. The van der Waals surface area contributed by atoms with Crippen LogP contribution in [0.4, 0.5) is 13.2 Å². The third-order valence-electron chi connectivity index (χ3n) is 4.98. The molecule has 0 atom stereocenters. The minimum Gasteiger partial charge on any atom is -0.355 e. The number of carbonyl (C=O) groups is 1. The summed E-state index contributed by atoms with van der Waals surface area (Å²) in [6.45, 7) is 0.251. The Bertz CT molecular complexity index is 1340. The van der Waals surface area contributed by atoms with Gasteiger partial charge < -0.3 is 9.88 Å². The molecule has 0 unspecified atom stereocenters. The minimum atomic E-state index is -4.56. The van der Waals surface area contributed by atoms with Gasteiger partial charge in [0, 0.05) is 29.8 Å². The van der Waals surface area contributed by atoms with E-state index >= 15 is 0 Å². The summed E-state index contributed by atoms with van der Waals surface area (Å²) in [7, 11) is 1.54. The quantitative estimate of drug-likeness (QED) is 0.521. The highest BCUT2D eigenvalue weighted by Crippen LogP contribution is 2.35. The number of rotatable bonds is 4. The lowest BCUT2D eigenvalue weighted by molar-refractivity contribution is -0.140. The molecule has 0 saturated carbocycles. The normalized spacial score (nSPS) is 11.6. The van der Waals surface area contributed by atoms with Crippen molar-refractivity contribution in [3.05, 3.63) is 88.1 Å². The molecule has 1 amide bonds. The summed E-state index contributed by atoms with van der Waals surface area (Å²) in [5, 5.41) is 8.95. The zero-order chi connectivity index (χ0) is 22.2.